The Morgan fingerprint density at radius 3 is 1.00 bits per heavy atom. The average molecular weight is 321 g/mol. The first-order chi connectivity index (χ1) is 9.97. The van der Waals surface area contributed by atoms with Crippen molar-refractivity contribution in [3.05, 3.63) is 15.3 Å². The van der Waals surface area contributed by atoms with Gasteiger partial charge in [-0.25, -0.2) is 0 Å². The van der Waals surface area contributed by atoms with E-state index in [0.29, 0.717) is 0 Å². The minimum atomic E-state index is -1.75. The normalized spacial score (nSPS) is 10.9. The Balaban J connectivity index is 0. The molecule has 0 aliphatic heterocycles. The predicted octanol–water partition coefficient (Wildman–Crippen LogP) is 5.97. The smallest absolute Gasteiger partial charge is 0.0689 e. The van der Waals surface area contributed by atoms with Crippen LogP contribution in [0.4, 0.5) is 0 Å². The largest absolute Gasteiger partial charge is 0.356 e. The first kappa shape index (κ1) is 22.9. The highest BCUT2D eigenvalue weighted by molar-refractivity contribution is 7.75. The molecule has 0 aromatic carbocycles. The van der Waals surface area contributed by atoms with Gasteiger partial charge in [-0.15, -0.1) is 0 Å². The topological polar surface area (TPSA) is 66.2 Å². The van der Waals surface area contributed by atoms with E-state index in [1.807, 2.05) is 0 Å². The maximum absolute atomic E-state index is 8.25. The zero-order valence-corrected chi connectivity index (χ0v) is 15.5. The third-order valence-corrected chi connectivity index (χ3v) is 9.00. The highest BCUT2D eigenvalue weighted by atomic mass is 31.2. The van der Waals surface area contributed by atoms with Gasteiger partial charge in [0.15, 0.2) is 0 Å². The van der Waals surface area contributed by atoms with Gasteiger partial charge in [0.1, 0.15) is 0 Å². The van der Waals surface area contributed by atoms with Gasteiger partial charge in [0.2, 0.25) is 0 Å². The molecule has 0 unspecified atom stereocenters. The fourth-order valence-electron chi connectivity index (χ4n) is 2.64. The SMILES string of the molecule is CCCC[P+](CCCC)(CCCC)CCCC.O=[N+]([O-])[O-]. The van der Waals surface area contributed by atoms with Gasteiger partial charge in [0.25, 0.3) is 0 Å². The third-order valence-electron chi connectivity index (χ3n) is 3.94. The molecule has 21 heavy (non-hydrogen) atoms. The van der Waals surface area contributed by atoms with Crippen LogP contribution in [0.15, 0.2) is 0 Å². The highest BCUT2D eigenvalue weighted by Gasteiger charge is 2.34. The van der Waals surface area contributed by atoms with Gasteiger partial charge in [-0.1, -0.05) is 53.4 Å². The molecular formula is C16H36NO3P. The summed E-state index contributed by atoms with van der Waals surface area (Å²) in [4.78, 5) is 8.25. The van der Waals surface area contributed by atoms with Gasteiger partial charge in [0, 0.05) is 7.26 Å². The van der Waals surface area contributed by atoms with Gasteiger partial charge < -0.3 is 15.3 Å². The molecule has 0 atom stereocenters. The molecule has 128 valence electrons. The van der Waals surface area contributed by atoms with E-state index in [-0.39, 0.29) is 0 Å². The summed E-state index contributed by atoms with van der Waals surface area (Å²) >= 11 is 0. The first-order valence-corrected chi connectivity index (χ1v) is 11.2. The van der Waals surface area contributed by atoms with Crippen LogP contribution in [0.2, 0.25) is 0 Å². The van der Waals surface area contributed by atoms with Crippen LogP contribution >= 0.6 is 7.26 Å². The lowest BCUT2D eigenvalue weighted by molar-refractivity contribution is -0.402. The second kappa shape index (κ2) is 16.0. The highest BCUT2D eigenvalue weighted by Crippen LogP contribution is 2.61. The van der Waals surface area contributed by atoms with Crippen molar-refractivity contribution in [2.45, 2.75) is 79.1 Å². The molecule has 0 fully saturated rings. The molecule has 0 spiro atoms. The summed E-state index contributed by atoms with van der Waals surface area (Å²) in [5.41, 5.74) is 0. The van der Waals surface area contributed by atoms with Gasteiger partial charge in [0.05, 0.1) is 29.7 Å². The lowest BCUT2D eigenvalue weighted by Gasteiger charge is -2.28. The van der Waals surface area contributed by atoms with Crippen LogP contribution in [-0.4, -0.2) is 29.7 Å². The van der Waals surface area contributed by atoms with Gasteiger partial charge >= 0.3 is 0 Å². The monoisotopic (exact) mass is 321 g/mol. The van der Waals surface area contributed by atoms with E-state index in [1.165, 1.54) is 51.4 Å². The summed E-state index contributed by atoms with van der Waals surface area (Å²) < 4.78 is 0. The first-order valence-electron chi connectivity index (χ1n) is 8.64. The quantitative estimate of drug-likeness (QED) is 0.253. The molecule has 0 rings (SSSR count). The maximum atomic E-state index is 8.25. The van der Waals surface area contributed by atoms with Crippen LogP contribution in [-0.2, 0) is 0 Å². The van der Waals surface area contributed by atoms with Crippen molar-refractivity contribution in [3.63, 3.8) is 0 Å². The molecule has 4 nitrogen and oxygen atoms in total. The van der Waals surface area contributed by atoms with Crippen molar-refractivity contribution >= 4 is 7.26 Å². The van der Waals surface area contributed by atoms with Crippen LogP contribution in [0.1, 0.15) is 79.1 Å². The van der Waals surface area contributed by atoms with Crippen LogP contribution in [0, 0.1) is 15.3 Å². The molecule has 0 radical (unpaired) electrons. The summed E-state index contributed by atoms with van der Waals surface area (Å²) in [6, 6.07) is 0. The molecule has 0 aromatic heterocycles. The molecule has 5 heteroatoms. The lowest BCUT2D eigenvalue weighted by Crippen LogP contribution is -2.12. The van der Waals surface area contributed by atoms with Crippen molar-refractivity contribution in [3.8, 4) is 0 Å². The van der Waals surface area contributed by atoms with E-state index in [1.54, 1.807) is 24.6 Å². The molecule has 0 saturated carbocycles. The number of rotatable bonds is 12. The van der Waals surface area contributed by atoms with E-state index in [9.17, 15) is 0 Å². The Labute approximate surface area is 132 Å². The average Bonchev–Trinajstić information content (AvgIpc) is 2.45. The molecule has 0 aliphatic rings. The number of nitrogens with zero attached hydrogens (tertiary/aromatic N) is 1. The second-order valence-electron chi connectivity index (χ2n) is 5.87. The van der Waals surface area contributed by atoms with Gasteiger partial charge in [-0.05, 0) is 25.7 Å². The third kappa shape index (κ3) is 15.8. The van der Waals surface area contributed by atoms with Gasteiger partial charge in [-0.2, -0.15) is 0 Å². The van der Waals surface area contributed by atoms with Crippen LogP contribution in [0.5, 0.6) is 0 Å². The molecular weight excluding hydrogens is 285 g/mol. The number of unbranched alkanes of at least 4 members (excludes halogenated alkanes) is 4. The Kier molecular flexibility index (Phi) is 17.5. The fraction of sp³-hybridized carbons (Fsp3) is 1.00. The Bertz CT molecular complexity index is 196. The van der Waals surface area contributed by atoms with Crippen LogP contribution < -0.4 is 0 Å². The van der Waals surface area contributed by atoms with E-state index in [2.05, 4.69) is 27.7 Å². The zero-order valence-electron chi connectivity index (χ0n) is 14.6. The molecule has 0 aliphatic carbocycles. The van der Waals surface area contributed by atoms with E-state index >= 15 is 0 Å². The summed E-state index contributed by atoms with van der Waals surface area (Å²) in [5, 5.41) is 14.8. The summed E-state index contributed by atoms with van der Waals surface area (Å²) in [6.45, 7) is 9.42. The fourth-order valence-corrected chi connectivity index (χ4v) is 7.93. The summed E-state index contributed by atoms with van der Waals surface area (Å²) in [7, 11) is -0.562. The van der Waals surface area contributed by atoms with Gasteiger partial charge in [-0.3, -0.25) is 0 Å². The van der Waals surface area contributed by atoms with Crippen molar-refractivity contribution in [2.75, 3.05) is 24.6 Å². The molecule has 0 bridgehead atoms. The van der Waals surface area contributed by atoms with Crippen LogP contribution in [0.25, 0.3) is 0 Å². The lowest BCUT2D eigenvalue weighted by atomic mass is 10.4. The van der Waals surface area contributed by atoms with Crippen molar-refractivity contribution in [1.82, 2.24) is 0 Å². The molecule has 0 aromatic rings. The number of hydrogen-bond donors (Lipinski definition) is 0. The Hall–Kier alpha value is -0.370. The maximum Gasteiger partial charge on any atom is 0.0689 e. The minimum Gasteiger partial charge on any atom is -0.356 e. The molecule has 0 saturated heterocycles. The van der Waals surface area contributed by atoms with Crippen LogP contribution in [0.3, 0.4) is 0 Å². The van der Waals surface area contributed by atoms with E-state index in [4.69, 9.17) is 15.3 Å². The standard InChI is InChI=1S/C16H36P.NO3/c1-5-9-13-17(14-10-6-2,15-11-7-3)16-12-8-4;2-1(3)4/h5-16H2,1-4H3;/q+1;-1. The summed E-state index contributed by atoms with van der Waals surface area (Å²) in [5.74, 6) is 0. The molecule has 0 amide bonds. The Morgan fingerprint density at radius 2 is 0.857 bits per heavy atom. The molecule has 0 heterocycles. The van der Waals surface area contributed by atoms with E-state index < -0.39 is 12.3 Å². The van der Waals surface area contributed by atoms with Crippen molar-refractivity contribution < 1.29 is 5.09 Å². The number of hydrogen-bond acceptors (Lipinski definition) is 3. The minimum absolute atomic E-state index is 0.562. The predicted molar refractivity (Wildman–Crippen MR) is 96.4 cm³/mol. The molecule has 0 N–H and O–H groups in total. The van der Waals surface area contributed by atoms with E-state index in [0.717, 1.165) is 0 Å². The Morgan fingerprint density at radius 1 is 0.667 bits per heavy atom. The van der Waals surface area contributed by atoms with Crippen molar-refractivity contribution in [2.24, 2.45) is 0 Å². The van der Waals surface area contributed by atoms with Crippen molar-refractivity contribution in [1.29, 1.82) is 0 Å². The second-order valence-corrected chi connectivity index (χ2v) is 10.3. The zero-order chi connectivity index (χ0) is 16.6. The summed E-state index contributed by atoms with van der Waals surface area (Å²) in [6.07, 6.45) is 17.9.